The minimum Gasteiger partial charge on any atom is -0.353 e. The number of piperidine rings is 1. The summed E-state index contributed by atoms with van der Waals surface area (Å²) in [5.74, 6) is 0.818. The van der Waals surface area contributed by atoms with Crippen LogP contribution in [-0.4, -0.2) is 30.0 Å². The minimum absolute atomic E-state index is 0.0678. The first-order valence-electron chi connectivity index (χ1n) is 8.16. The van der Waals surface area contributed by atoms with Gasteiger partial charge in [0, 0.05) is 30.2 Å². The number of carbonyl (C=O) groups is 1. The number of nitrogens with one attached hydrogen (secondary N) is 1. The Hall–Kier alpha value is -2.09. The number of hydrogen-bond acceptors (Lipinski definition) is 4. The lowest BCUT2D eigenvalue weighted by Gasteiger charge is -2.35. The van der Waals surface area contributed by atoms with Crippen LogP contribution in [-0.2, 0) is 4.79 Å². The number of carbonyl (C=O) groups excluding carboxylic acids is 1. The molecule has 1 atom stereocenters. The predicted octanol–water partition coefficient (Wildman–Crippen LogP) is 2.70. The second-order valence-electron chi connectivity index (χ2n) is 7.40. The molecule has 1 N–H and O–H groups in total. The van der Waals surface area contributed by atoms with Crippen LogP contribution in [0.25, 0.3) is 0 Å². The molecule has 0 bridgehead atoms. The molecule has 0 saturated carbocycles. The van der Waals surface area contributed by atoms with Crippen molar-refractivity contribution in [3.05, 3.63) is 22.9 Å². The van der Waals surface area contributed by atoms with Gasteiger partial charge in [0.25, 0.3) is 0 Å². The summed E-state index contributed by atoms with van der Waals surface area (Å²) in [4.78, 5) is 18.9. The van der Waals surface area contributed by atoms with Gasteiger partial charge < -0.3 is 10.2 Å². The molecule has 1 aliphatic rings. The molecule has 5 nitrogen and oxygen atoms in total. The topological polar surface area (TPSA) is 69.0 Å². The van der Waals surface area contributed by atoms with E-state index >= 15 is 0 Å². The van der Waals surface area contributed by atoms with Gasteiger partial charge in [-0.3, -0.25) is 4.79 Å². The van der Waals surface area contributed by atoms with Gasteiger partial charge in [-0.1, -0.05) is 20.8 Å². The van der Waals surface area contributed by atoms with E-state index in [4.69, 9.17) is 0 Å². The Kier molecular flexibility index (Phi) is 4.93. The van der Waals surface area contributed by atoms with Crippen LogP contribution in [0.2, 0.25) is 0 Å². The number of anilines is 1. The average molecular weight is 314 g/mol. The van der Waals surface area contributed by atoms with E-state index in [1.807, 2.05) is 40.7 Å². The Morgan fingerprint density at radius 1 is 1.43 bits per heavy atom. The lowest BCUT2D eigenvalue weighted by atomic mass is 9.94. The summed E-state index contributed by atoms with van der Waals surface area (Å²) >= 11 is 0. The number of aromatic nitrogens is 1. The summed E-state index contributed by atoms with van der Waals surface area (Å²) in [7, 11) is 0. The first-order valence-corrected chi connectivity index (χ1v) is 8.16. The van der Waals surface area contributed by atoms with Gasteiger partial charge in [-0.25, -0.2) is 4.98 Å². The summed E-state index contributed by atoms with van der Waals surface area (Å²) in [5, 5.41) is 12.6. The molecule has 0 aliphatic carbocycles. The fourth-order valence-corrected chi connectivity index (χ4v) is 2.87. The molecule has 2 rings (SSSR count). The summed E-state index contributed by atoms with van der Waals surface area (Å²) in [6, 6.07) is 4.31. The van der Waals surface area contributed by atoms with E-state index in [0.717, 1.165) is 36.5 Å². The molecule has 0 aromatic carbocycles. The van der Waals surface area contributed by atoms with Crippen molar-refractivity contribution in [3.63, 3.8) is 0 Å². The summed E-state index contributed by atoms with van der Waals surface area (Å²) in [6.45, 7) is 11.2. The van der Waals surface area contributed by atoms with E-state index in [9.17, 15) is 10.1 Å². The van der Waals surface area contributed by atoms with Crippen molar-refractivity contribution in [2.75, 3.05) is 18.0 Å². The van der Waals surface area contributed by atoms with E-state index in [1.165, 1.54) is 0 Å². The molecule has 0 radical (unpaired) electrons. The summed E-state index contributed by atoms with van der Waals surface area (Å²) in [6.07, 6.45) is 1.94. The Balaban J connectivity index is 2.19. The zero-order chi connectivity index (χ0) is 17.2. The Bertz CT molecular complexity index is 640. The number of amides is 1. The predicted molar refractivity (Wildman–Crippen MR) is 91.3 cm³/mol. The monoisotopic (exact) mass is 314 g/mol. The van der Waals surface area contributed by atoms with Gasteiger partial charge in [-0.2, -0.15) is 5.26 Å². The second kappa shape index (κ2) is 6.57. The minimum atomic E-state index is -0.391. The molecule has 23 heavy (non-hydrogen) atoms. The molecule has 0 spiro atoms. The van der Waals surface area contributed by atoms with Gasteiger partial charge in [0.05, 0.1) is 5.56 Å². The molecule has 1 aromatic heterocycles. The van der Waals surface area contributed by atoms with Crippen molar-refractivity contribution in [1.82, 2.24) is 10.3 Å². The van der Waals surface area contributed by atoms with Gasteiger partial charge in [0.1, 0.15) is 11.9 Å². The summed E-state index contributed by atoms with van der Waals surface area (Å²) in [5.41, 5.74) is 2.12. The van der Waals surface area contributed by atoms with Gasteiger partial charge >= 0.3 is 0 Å². The van der Waals surface area contributed by atoms with E-state index in [-0.39, 0.29) is 11.9 Å². The Morgan fingerprint density at radius 2 is 2.13 bits per heavy atom. The van der Waals surface area contributed by atoms with Crippen LogP contribution in [0, 0.1) is 30.6 Å². The van der Waals surface area contributed by atoms with Gasteiger partial charge in [0.15, 0.2) is 0 Å². The zero-order valence-electron chi connectivity index (χ0n) is 14.7. The number of pyridine rings is 1. The normalized spacial score (nSPS) is 18.4. The molecule has 124 valence electrons. The maximum absolute atomic E-state index is 12.2. The van der Waals surface area contributed by atoms with Crippen LogP contribution in [0.4, 0.5) is 5.82 Å². The van der Waals surface area contributed by atoms with Crippen LogP contribution >= 0.6 is 0 Å². The maximum atomic E-state index is 12.2. The number of nitriles is 1. The lowest BCUT2D eigenvalue weighted by Crippen LogP contribution is -2.50. The maximum Gasteiger partial charge on any atom is 0.225 e. The molecule has 1 amide bonds. The lowest BCUT2D eigenvalue weighted by molar-refractivity contribution is -0.129. The van der Waals surface area contributed by atoms with Crippen LogP contribution in [0.3, 0.4) is 0 Å². The van der Waals surface area contributed by atoms with E-state index in [1.54, 1.807) is 0 Å². The zero-order valence-corrected chi connectivity index (χ0v) is 14.7. The first-order chi connectivity index (χ1) is 10.7. The Morgan fingerprint density at radius 3 is 2.74 bits per heavy atom. The van der Waals surface area contributed by atoms with Crippen LogP contribution in [0.1, 0.15) is 50.4 Å². The SMILES string of the molecule is Cc1cc(C)c(C#N)c(N2CCCC(NC(=O)C(C)(C)C)C2)n1. The molecule has 1 fully saturated rings. The van der Waals surface area contributed by atoms with Crippen LogP contribution < -0.4 is 10.2 Å². The fourth-order valence-electron chi connectivity index (χ4n) is 2.87. The third kappa shape index (κ3) is 4.01. The first kappa shape index (κ1) is 17.3. The molecule has 2 heterocycles. The standard InChI is InChI=1S/C18H26N4O/c1-12-9-13(2)20-16(15(12)10-19)22-8-6-7-14(11-22)21-17(23)18(3,4)5/h9,14H,6-8,11H2,1-5H3,(H,21,23). The average Bonchev–Trinajstić information content (AvgIpc) is 2.45. The van der Waals surface area contributed by atoms with E-state index in [0.29, 0.717) is 12.1 Å². The van der Waals surface area contributed by atoms with Crippen molar-refractivity contribution < 1.29 is 4.79 Å². The molecule has 1 saturated heterocycles. The highest BCUT2D eigenvalue weighted by Crippen LogP contribution is 2.25. The van der Waals surface area contributed by atoms with Crippen LogP contribution in [0.15, 0.2) is 6.07 Å². The molecule has 1 unspecified atom stereocenters. The molecular weight excluding hydrogens is 288 g/mol. The van der Waals surface area contributed by atoms with Gasteiger partial charge in [-0.15, -0.1) is 0 Å². The quantitative estimate of drug-likeness (QED) is 0.911. The smallest absolute Gasteiger partial charge is 0.225 e. The largest absolute Gasteiger partial charge is 0.353 e. The molecule has 5 heteroatoms. The number of aryl methyl sites for hydroxylation is 2. The van der Waals surface area contributed by atoms with Gasteiger partial charge in [0.2, 0.25) is 5.91 Å². The van der Waals surface area contributed by atoms with Crippen molar-refractivity contribution in [1.29, 1.82) is 5.26 Å². The Labute approximate surface area is 138 Å². The van der Waals surface area contributed by atoms with Gasteiger partial charge in [-0.05, 0) is 38.3 Å². The number of nitrogens with zero attached hydrogens (tertiary/aromatic N) is 3. The van der Waals surface area contributed by atoms with E-state index < -0.39 is 5.41 Å². The van der Waals surface area contributed by atoms with Crippen molar-refractivity contribution >= 4 is 11.7 Å². The highest BCUT2D eigenvalue weighted by Gasteiger charge is 2.28. The number of hydrogen-bond donors (Lipinski definition) is 1. The third-order valence-corrected chi connectivity index (χ3v) is 4.17. The van der Waals surface area contributed by atoms with Crippen LogP contribution in [0.5, 0.6) is 0 Å². The van der Waals surface area contributed by atoms with Crippen molar-refractivity contribution in [2.45, 2.75) is 53.5 Å². The van der Waals surface area contributed by atoms with E-state index in [2.05, 4.69) is 21.3 Å². The summed E-state index contributed by atoms with van der Waals surface area (Å²) < 4.78 is 0. The van der Waals surface area contributed by atoms with Crippen molar-refractivity contribution in [2.24, 2.45) is 5.41 Å². The molecule has 1 aliphatic heterocycles. The second-order valence-corrected chi connectivity index (χ2v) is 7.40. The highest BCUT2D eigenvalue weighted by atomic mass is 16.2. The highest BCUT2D eigenvalue weighted by molar-refractivity contribution is 5.81. The third-order valence-electron chi connectivity index (χ3n) is 4.17. The molecular formula is C18H26N4O. The number of rotatable bonds is 2. The van der Waals surface area contributed by atoms with Crippen molar-refractivity contribution in [3.8, 4) is 6.07 Å². The fraction of sp³-hybridized carbons (Fsp3) is 0.611. The molecule has 1 aromatic rings.